The number of hydrogen-bond donors (Lipinski definition) is 1. The van der Waals surface area contributed by atoms with Crippen molar-refractivity contribution in [3.63, 3.8) is 0 Å². The Morgan fingerprint density at radius 3 is 1.89 bits per heavy atom. The highest BCUT2D eigenvalue weighted by Gasteiger charge is 2.45. The second-order valence-electron chi connectivity index (χ2n) is 8.02. The van der Waals surface area contributed by atoms with Crippen LogP contribution in [0.3, 0.4) is 0 Å². The normalized spacial score (nSPS) is 24.1. The highest BCUT2D eigenvalue weighted by Crippen LogP contribution is 2.50. The minimum atomic E-state index is -0.0575. The molecule has 0 radical (unpaired) electrons. The number of benzene rings is 1. The zero-order valence-electron chi connectivity index (χ0n) is 12.6. The Labute approximate surface area is 131 Å². The molecule has 1 aromatic rings. The van der Waals surface area contributed by atoms with Gasteiger partial charge in [-0.15, -0.1) is 0 Å². The number of rotatable bonds is 2. The Morgan fingerprint density at radius 2 is 1.42 bits per heavy atom. The SMILES string of the molecule is CC1(C)CC(C)(C)CC(N)(Cc2ccc(I)cc2)C1. The van der Waals surface area contributed by atoms with Gasteiger partial charge in [0.25, 0.3) is 0 Å². The third-order valence-corrected chi connectivity index (χ3v) is 4.81. The lowest BCUT2D eigenvalue weighted by atomic mass is 9.57. The molecular formula is C17H26IN. The monoisotopic (exact) mass is 371 g/mol. The Balaban J connectivity index is 2.19. The molecular weight excluding hydrogens is 345 g/mol. The Bertz CT molecular complexity index is 429. The minimum Gasteiger partial charge on any atom is -0.325 e. The van der Waals surface area contributed by atoms with Crippen LogP contribution in [0.5, 0.6) is 0 Å². The van der Waals surface area contributed by atoms with Gasteiger partial charge in [-0.2, -0.15) is 0 Å². The first kappa shape index (κ1) is 15.3. The summed E-state index contributed by atoms with van der Waals surface area (Å²) in [5.74, 6) is 0. The van der Waals surface area contributed by atoms with Gasteiger partial charge < -0.3 is 5.73 Å². The van der Waals surface area contributed by atoms with Crippen molar-refractivity contribution >= 4 is 22.6 Å². The molecule has 0 bridgehead atoms. The van der Waals surface area contributed by atoms with E-state index in [1.54, 1.807) is 0 Å². The van der Waals surface area contributed by atoms with Crippen molar-refractivity contribution in [2.75, 3.05) is 0 Å². The molecule has 1 saturated carbocycles. The molecule has 1 aromatic carbocycles. The molecule has 0 spiro atoms. The standard InChI is InChI=1S/C17H26IN/c1-15(2)10-16(3,4)12-17(19,11-15)9-13-5-7-14(18)8-6-13/h5-8H,9-12,19H2,1-4H3. The third kappa shape index (κ3) is 4.19. The first-order chi connectivity index (χ1) is 8.59. The summed E-state index contributed by atoms with van der Waals surface area (Å²) in [4.78, 5) is 0. The molecule has 0 aliphatic heterocycles. The van der Waals surface area contributed by atoms with Crippen LogP contribution in [0, 0.1) is 14.4 Å². The molecule has 1 aliphatic rings. The van der Waals surface area contributed by atoms with E-state index in [1.807, 2.05) is 0 Å². The summed E-state index contributed by atoms with van der Waals surface area (Å²) in [7, 11) is 0. The Morgan fingerprint density at radius 1 is 0.947 bits per heavy atom. The van der Waals surface area contributed by atoms with E-state index in [9.17, 15) is 0 Å². The molecule has 2 N–H and O–H groups in total. The number of hydrogen-bond acceptors (Lipinski definition) is 1. The molecule has 0 atom stereocenters. The lowest BCUT2D eigenvalue weighted by molar-refractivity contribution is 0.0487. The van der Waals surface area contributed by atoms with E-state index in [-0.39, 0.29) is 5.54 Å². The number of nitrogens with two attached hydrogens (primary N) is 1. The maximum atomic E-state index is 6.78. The average Bonchev–Trinajstić information content (AvgIpc) is 2.15. The van der Waals surface area contributed by atoms with E-state index in [2.05, 4.69) is 74.6 Å². The Kier molecular flexibility index (Phi) is 4.05. The molecule has 0 saturated heterocycles. The van der Waals surface area contributed by atoms with Gasteiger partial charge in [0.05, 0.1) is 0 Å². The molecule has 2 heteroatoms. The zero-order valence-corrected chi connectivity index (χ0v) is 14.8. The lowest BCUT2D eigenvalue weighted by Crippen LogP contribution is -2.53. The largest absolute Gasteiger partial charge is 0.325 e. The predicted molar refractivity (Wildman–Crippen MR) is 91.2 cm³/mol. The Hall–Kier alpha value is -0.0900. The molecule has 2 rings (SSSR count). The van der Waals surface area contributed by atoms with Crippen molar-refractivity contribution < 1.29 is 0 Å². The van der Waals surface area contributed by atoms with Gasteiger partial charge in [0, 0.05) is 9.11 Å². The third-order valence-electron chi connectivity index (χ3n) is 4.09. The molecule has 106 valence electrons. The van der Waals surface area contributed by atoms with E-state index >= 15 is 0 Å². The smallest absolute Gasteiger partial charge is 0.0205 e. The fourth-order valence-electron chi connectivity index (χ4n) is 4.52. The van der Waals surface area contributed by atoms with Crippen molar-refractivity contribution in [1.82, 2.24) is 0 Å². The first-order valence-corrected chi connectivity index (χ1v) is 8.21. The van der Waals surface area contributed by atoms with Crippen LogP contribution in [-0.2, 0) is 6.42 Å². The maximum Gasteiger partial charge on any atom is 0.0205 e. The molecule has 1 aliphatic carbocycles. The predicted octanol–water partition coefficient (Wildman–Crippen LogP) is 4.77. The van der Waals surface area contributed by atoms with Gasteiger partial charge in [0.2, 0.25) is 0 Å². The van der Waals surface area contributed by atoms with Gasteiger partial charge in [0.15, 0.2) is 0 Å². The van der Waals surface area contributed by atoms with Gasteiger partial charge in [-0.05, 0) is 76.8 Å². The van der Waals surface area contributed by atoms with Crippen molar-refractivity contribution in [2.24, 2.45) is 16.6 Å². The summed E-state index contributed by atoms with van der Waals surface area (Å²) >= 11 is 2.35. The van der Waals surface area contributed by atoms with E-state index in [0.717, 1.165) is 19.3 Å². The molecule has 19 heavy (non-hydrogen) atoms. The quantitative estimate of drug-likeness (QED) is 0.745. The second-order valence-corrected chi connectivity index (χ2v) is 9.27. The first-order valence-electron chi connectivity index (χ1n) is 7.13. The lowest BCUT2D eigenvalue weighted by Gasteiger charge is -2.50. The molecule has 1 nitrogen and oxygen atoms in total. The molecule has 0 heterocycles. The van der Waals surface area contributed by atoms with Crippen molar-refractivity contribution in [3.8, 4) is 0 Å². The van der Waals surface area contributed by atoms with Crippen LogP contribution in [0.1, 0.15) is 52.5 Å². The summed E-state index contributed by atoms with van der Waals surface area (Å²) < 4.78 is 1.29. The summed E-state index contributed by atoms with van der Waals surface area (Å²) in [5, 5.41) is 0. The fraction of sp³-hybridized carbons (Fsp3) is 0.647. The van der Waals surface area contributed by atoms with E-state index < -0.39 is 0 Å². The van der Waals surface area contributed by atoms with Crippen molar-refractivity contribution in [2.45, 2.75) is 58.9 Å². The minimum absolute atomic E-state index is 0.0575. The molecule has 1 fully saturated rings. The van der Waals surface area contributed by atoms with Crippen molar-refractivity contribution in [1.29, 1.82) is 0 Å². The molecule has 0 unspecified atom stereocenters. The van der Waals surface area contributed by atoms with Crippen molar-refractivity contribution in [3.05, 3.63) is 33.4 Å². The van der Waals surface area contributed by atoms with Gasteiger partial charge in [-0.25, -0.2) is 0 Å². The van der Waals surface area contributed by atoms with Gasteiger partial charge in [-0.3, -0.25) is 0 Å². The van der Waals surface area contributed by atoms with Gasteiger partial charge in [0.1, 0.15) is 0 Å². The zero-order chi connectivity index (χ0) is 14.3. The van der Waals surface area contributed by atoms with E-state index in [0.29, 0.717) is 10.8 Å². The summed E-state index contributed by atoms with van der Waals surface area (Å²) in [6.45, 7) is 9.46. The van der Waals surface area contributed by atoms with Crippen LogP contribution in [0.25, 0.3) is 0 Å². The van der Waals surface area contributed by atoms with Crippen LogP contribution in [-0.4, -0.2) is 5.54 Å². The number of halogens is 1. The van der Waals surface area contributed by atoms with Crippen LogP contribution in [0.15, 0.2) is 24.3 Å². The summed E-state index contributed by atoms with van der Waals surface area (Å²) in [5.41, 5.74) is 8.79. The van der Waals surface area contributed by atoms with Crippen LogP contribution >= 0.6 is 22.6 Å². The van der Waals surface area contributed by atoms with Gasteiger partial charge >= 0.3 is 0 Å². The second kappa shape index (κ2) is 5.03. The average molecular weight is 371 g/mol. The highest BCUT2D eigenvalue weighted by molar-refractivity contribution is 14.1. The van der Waals surface area contributed by atoms with E-state index in [4.69, 9.17) is 5.73 Å². The topological polar surface area (TPSA) is 26.0 Å². The van der Waals surface area contributed by atoms with Crippen LogP contribution < -0.4 is 5.73 Å². The maximum absolute atomic E-state index is 6.78. The van der Waals surface area contributed by atoms with Crippen LogP contribution in [0.4, 0.5) is 0 Å². The fourth-order valence-corrected chi connectivity index (χ4v) is 4.88. The highest BCUT2D eigenvalue weighted by atomic mass is 127. The summed E-state index contributed by atoms with van der Waals surface area (Å²) in [6.07, 6.45) is 4.51. The molecule has 0 aromatic heterocycles. The molecule has 0 amide bonds. The van der Waals surface area contributed by atoms with Crippen LogP contribution in [0.2, 0.25) is 0 Å². The van der Waals surface area contributed by atoms with E-state index in [1.165, 1.54) is 15.6 Å². The van der Waals surface area contributed by atoms with Gasteiger partial charge in [-0.1, -0.05) is 39.8 Å². The summed E-state index contributed by atoms with van der Waals surface area (Å²) in [6, 6.07) is 8.81.